The van der Waals surface area contributed by atoms with E-state index >= 15 is 0 Å². The Morgan fingerprint density at radius 1 is 1.18 bits per heavy atom. The number of nitrogens with zero attached hydrogens (tertiary/aromatic N) is 5. The van der Waals surface area contributed by atoms with Crippen molar-refractivity contribution in [1.29, 1.82) is 0 Å². The van der Waals surface area contributed by atoms with Crippen LogP contribution in [-0.2, 0) is 27.2 Å². The van der Waals surface area contributed by atoms with Gasteiger partial charge in [0.05, 0.1) is 42.4 Å². The first-order valence-electron chi connectivity index (χ1n) is 14.0. The smallest absolute Gasteiger partial charge is 0.227 e. The number of amides is 1. The number of benzene rings is 1. The second kappa shape index (κ2) is 11.8. The number of hydrogen-bond donors (Lipinski definition) is 1. The number of nitrogens with one attached hydrogen (secondary N) is 1. The summed E-state index contributed by atoms with van der Waals surface area (Å²) in [6.07, 6.45) is 10.5. The number of rotatable bonds is 9. The van der Waals surface area contributed by atoms with Gasteiger partial charge in [-0.3, -0.25) is 9.48 Å². The number of hydrogen-bond acceptors (Lipinski definition) is 7. The van der Waals surface area contributed by atoms with Crippen molar-refractivity contribution in [2.75, 3.05) is 32.1 Å². The Balaban J connectivity index is 1.25. The summed E-state index contributed by atoms with van der Waals surface area (Å²) in [7, 11) is 1.68. The van der Waals surface area contributed by atoms with Crippen LogP contribution in [0.3, 0.4) is 0 Å². The fourth-order valence-corrected chi connectivity index (χ4v) is 5.45. The van der Waals surface area contributed by atoms with Crippen LogP contribution in [0, 0.1) is 0 Å². The zero-order valence-electron chi connectivity index (χ0n) is 23.5. The lowest BCUT2D eigenvalue weighted by atomic mass is 9.88. The second-order valence-electron chi connectivity index (χ2n) is 11.6. The summed E-state index contributed by atoms with van der Waals surface area (Å²) >= 11 is 0. The van der Waals surface area contributed by atoms with Crippen LogP contribution in [0.25, 0.3) is 11.3 Å². The Labute approximate surface area is 230 Å². The van der Waals surface area contributed by atoms with E-state index in [1.807, 2.05) is 21.8 Å². The zero-order chi connectivity index (χ0) is 27.4. The van der Waals surface area contributed by atoms with Gasteiger partial charge in [-0.05, 0) is 69.2 Å². The molecule has 9 nitrogen and oxygen atoms in total. The monoisotopic (exact) mass is 532 g/mol. The molecule has 1 aromatic carbocycles. The largest absolute Gasteiger partial charge is 0.383 e. The quantitative estimate of drug-likeness (QED) is 0.390. The van der Waals surface area contributed by atoms with Crippen LogP contribution in [-0.4, -0.2) is 69.1 Å². The maximum absolute atomic E-state index is 13.1. The first kappa shape index (κ1) is 27.3. The molecule has 39 heavy (non-hydrogen) atoms. The maximum Gasteiger partial charge on any atom is 0.227 e. The number of likely N-dealkylation sites (tertiary alicyclic amines) is 1. The first-order chi connectivity index (χ1) is 18.8. The van der Waals surface area contributed by atoms with Gasteiger partial charge in [0.25, 0.3) is 0 Å². The van der Waals surface area contributed by atoms with Crippen molar-refractivity contribution in [2.24, 2.45) is 0 Å². The molecule has 0 radical (unpaired) electrons. The molecule has 1 amide bonds. The summed E-state index contributed by atoms with van der Waals surface area (Å²) < 4.78 is 13.0. The number of aryl methyl sites for hydroxylation is 1. The summed E-state index contributed by atoms with van der Waals surface area (Å²) in [6.45, 7) is 8.88. The van der Waals surface area contributed by atoms with E-state index in [1.54, 1.807) is 19.5 Å². The third-order valence-electron chi connectivity index (χ3n) is 7.34. The highest BCUT2D eigenvalue weighted by Gasteiger charge is 2.35. The number of carbonyl (C=O) groups is 1. The van der Waals surface area contributed by atoms with E-state index in [4.69, 9.17) is 14.5 Å². The normalized spacial score (nSPS) is 17.8. The number of fused-ring (bicyclic) bond motifs is 1. The molecule has 1 N–H and O–H groups in total. The third-order valence-corrected chi connectivity index (χ3v) is 7.34. The van der Waals surface area contributed by atoms with Crippen LogP contribution in [0.1, 0.15) is 63.5 Å². The number of methoxy groups -OCH3 is 1. The van der Waals surface area contributed by atoms with Crippen molar-refractivity contribution in [1.82, 2.24) is 24.6 Å². The minimum absolute atomic E-state index is 0.150. The fraction of sp³-hybridized carbons (Fsp3) is 0.533. The molecule has 0 saturated carbocycles. The SMILES string of the molecule is COCCn1cc(Nc2nccc(-c3ccc4c(c3)CCCC[C@@H]4CC(=O)N3CC(OC(C)(C)C)C3)n2)cn1. The van der Waals surface area contributed by atoms with Gasteiger partial charge in [-0.25, -0.2) is 9.97 Å². The van der Waals surface area contributed by atoms with Crippen LogP contribution < -0.4 is 5.32 Å². The Kier molecular flexibility index (Phi) is 8.28. The summed E-state index contributed by atoms with van der Waals surface area (Å²) in [4.78, 5) is 24.2. The molecule has 1 atom stereocenters. The number of aromatic nitrogens is 4. The number of carbonyl (C=O) groups excluding carboxylic acids is 1. The van der Waals surface area contributed by atoms with Crippen molar-refractivity contribution >= 4 is 17.5 Å². The van der Waals surface area contributed by atoms with E-state index in [-0.39, 0.29) is 23.5 Å². The molecule has 2 aliphatic rings. The summed E-state index contributed by atoms with van der Waals surface area (Å²) in [6, 6.07) is 8.54. The van der Waals surface area contributed by atoms with Crippen LogP contribution in [0.4, 0.5) is 11.6 Å². The van der Waals surface area contributed by atoms with Crippen molar-refractivity contribution in [3.05, 3.63) is 54.0 Å². The maximum atomic E-state index is 13.1. The molecule has 9 heteroatoms. The first-order valence-corrected chi connectivity index (χ1v) is 14.0. The Morgan fingerprint density at radius 3 is 2.82 bits per heavy atom. The van der Waals surface area contributed by atoms with Crippen LogP contribution in [0.15, 0.2) is 42.9 Å². The predicted octanol–water partition coefficient (Wildman–Crippen LogP) is 4.96. The molecular weight excluding hydrogens is 492 g/mol. The van der Waals surface area contributed by atoms with E-state index in [0.717, 1.165) is 42.6 Å². The Morgan fingerprint density at radius 2 is 2.03 bits per heavy atom. The molecule has 0 unspecified atom stereocenters. The topological polar surface area (TPSA) is 94.4 Å². The van der Waals surface area contributed by atoms with E-state index in [0.29, 0.717) is 38.6 Å². The van der Waals surface area contributed by atoms with Gasteiger partial charge in [-0.2, -0.15) is 5.10 Å². The molecule has 208 valence electrons. The highest BCUT2D eigenvalue weighted by Crippen LogP contribution is 2.36. The van der Waals surface area contributed by atoms with E-state index < -0.39 is 0 Å². The molecular formula is C30H40N6O3. The molecule has 1 fully saturated rings. The van der Waals surface area contributed by atoms with Gasteiger partial charge in [0, 0.05) is 44.6 Å². The Bertz CT molecular complexity index is 1280. The summed E-state index contributed by atoms with van der Waals surface area (Å²) in [5, 5.41) is 7.59. The van der Waals surface area contributed by atoms with Crippen molar-refractivity contribution in [2.45, 2.75) is 77.0 Å². The molecule has 5 rings (SSSR count). The standard InChI is InChI=1S/C30H40N6O3/c1-30(2,3)39-25-19-35(20-25)28(37)16-22-8-6-5-7-21-15-23(9-10-26(21)22)27-11-12-31-29(34-27)33-24-17-32-36(18-24)13-14-38-4/h9-12,15,17-18,22,25H,5-8,13-14,16,19-20H2,1-4H3,(H,31,33,34)/t22-/m1/s1. The van der Waals surface area contributed by atoms with E-state index in [9.17, 15) is 4.79 Å². The van der Waals surface area contributed by atoms with Crippen molar-refractivity contribution in [3.63, 3.8) is 0 Å². The average molecular weight is 533 g/mol. The minimum atomic E-state index is -0.175. The van der Waals surface area contributed by atoms with E-state index in [1.165, 1.54) is 11.1 Å². The number of ether oxygens (including phenoxy) is 2. The minimum Gasteiger partial charge on any atom is -0.383 e. The van der Waals surface area contributed by atoms with Gasteiger partial charge in [0.1, 0.15) is 0 Å². The summed E-state index contributed by atoms with van der Waals surface area (Å²) in [5.74, 6) is 1.02. The van der Waals surface area contributed by atoms with Crippen LogP contribution in [0.5, 0.6) is 0 Å². The van der Waals surface area contributed by atoms with Crippen molar-refractivity contribution < 1.29 is 14.3 Å². The molecule has 3 aromatic rings. The van der Waals surface area contributed by atoms with Crippen LogP contribution in [0.2, 0.25) is 0 Å². The van der Waals surface area contributed by atoms with Crippen LogP contribution >= 0.6 is 0 Å². The fourth-order valence-electron chi connectivity index (χ4n) is 5.45. The lowest BCUT2D eigenvalue weighted by molar-refractivity contribution is -0.157. The molecule has 1 aliphatic carbocycles. The van der Waals surface area contributed by atoms with Gasteiger partial charge in [0.15, 0.2) is 0 Å². The lowest BCUT2D eigenvalue weighted by Gasteiger charge is -2.42. The molecule has 0 bridgehead atoms. The number of anilines is 2. The van der Waals surface area contributed by atoms with Gasteiger partial charge in [-0.1, -0.05) is 18.6 Å². The van der Waals surface area contributed by atoms with Gasteiger partial charge in [0.2, 0.25) is 11.9 Å². The third kappa shape index (κ3) is 7.02. The summed E-state index contributed by atoms with van der Waals surface area (Å²) in [5.41, 5.74) is 5.22. The van der Waals surface area contributed by atoms with Gasteiger partial charge < -0.3 is 19.7 Å². The zero-order valence-corrected chi connectivity index (χ0v) is 23.5. The second-order valence-corrected chi connectivity index (χ2v) is 11.6. The predicted molar refractivity (Wildman–Crippen MR) is 151 cm³/mol. The van der Waals surface area contributed by atoms with E-state index in [2.05, 4.69) is 54.4 Å². The highest BCUT2D eigenvalue weighted by molar-refractivity contribution is 5.78. The molecule has 0 spiro atoms. The molecule has 1 saturated heterocycles. The molecule has 3 heterocycles. The van der Waals surface area contributed by atoms with Gasteiger partial charge in [-0.15, -0.1) is 0 Å². The Hall–Kier alpha value is -3.30. The molecule has 1 aliphatic heterocycles. The molecule has 2 aromatic heterocycles. The average Bonchev–Trinajstić information content (AvgIpc) is 3.23. The lowest BCUT2D eigenvalue weighted by Crippen LogP contribution is -2.56. The highest BCUT2D eigenvalue weighted by atomic mass is 16.5. The van der Waals surface area contributed by atoms with Crippen molar-refractivity contribution in [3.8, 4) is 11.3 Å². The van der Waals surface area contributed by atoms with Gasteiger partial charge >= 0.3 is 0 Å².